The fourth-order valence-corrected chi connectivity index (χ4v) is 3.40. The molecule has 0 saturated carbocycles. The summed E-state index contributed by atoms with van der Waals surface area (Å²) in [6, 6.07) is 9.56. The lowest BCUT2D eigenvalue weighted by Gasteiger charge is -2.39. The highest BCUT2D eigenvalue weighted by Crippen LogP contribution is 2.20. The van der Waals surface area contributed by atoms with Crippen LogP contribution < -0.4 is 0 Å². The number of aromatic nitrogens is 2. The fraction of sp³-hybridized carbons (Fsp3) is 0.476. The lowest BCUT2D eigenvalue weighted by atomic mass is 10.1. The molecule has 0 spiro atoms. The Hall–Kier alpha value is -2.63. The molecule has 0 bridgehead atoms. The quantitative estimate of drug-likeness (QED) is 0.834. The van der Waals surface area contributed by atoms with Gasteiger partial charge in [-0.2, -0.15) is 5.10 Å². The van der Waals surface area contributed by atoms with Crippen molar-refractivity contribution in [3.63, 3.8) is 0 Å². The molecule has 0 radical (unpaired) electrons. The Morgan fingerprint density at radius 2 is 1.89 bits per heavy atom. The van der Waals surface area contributed by atoms with Crippen LogP contribution in [0.15, 0.2) is 30.3 Å². The number of rotatable bonds is 4. The first-order valence-corrected chi connectivity index (χ1v) is 9.47. The van der Waals surface area contributed by atoms with Crippen LogP contribution in [0, 0.1) is 6.92 Å². The van der Waals surface area contributed by atoms with Crippen LogP contribution in [0.25, 0.3) is 0 Å². The summed E-state index contributed by atoms with van der Waals surface area (Å²) in [5.74, 6) is 0.109. The molecule has 1 aliphatic rings. The second kappa shape index (κ2) is 7.55. The Morgan fingerprint density at radius 3 is 2.48 bits per heavy atom. The number of carbonyl (C=O) groups excluding carboxylic acids is 2. The Labute approximate surface area is 160 Å². The van der Waals surface area contributed by atoms with E-state index in [4.69, 9.17) is 0 Å². The Morgan fingerprint density at radius 1 is 1.22 bits per heavy atom. The maximum atomic E-state index is 13.0. The highest BCUT2D eigenvalue weighted by Gasteiger charge is 2.35. The van der Waals surface area contributed by atoms with Gasteiger partial charge in [0.1, 0.15) is 11.7 Å². The number of hydrogen-bond acceptors (Lipinski definition) is 3. The van der Waals surface area contributed by atoms with Crippen LogP contribution >= 0.6 is 0 Å². The molecule has 6 heteroatoms. The Bertz CT molecular complexity index is 838. The molecule has 2 aromatic rings. The van der Waals surface area contributed by atoms with Crippen LogP contribution in [0.3, 0.4) is 0 Å². The Kier molecular flexibility index (Phi) is 5.35. The number of piperazine rings is 1. The largest absolute Gasteiger partial charge is 0.335 e. The van der Waals surface area contributed by atoms with Crippen molar-refractivity contribution in [2.75, 3.05) is 13.1 Å². The maximum Gasteiger partial charge on any atom is 0.272 e. The average Bonchev–Trinajstić information content (AvgIpc) is 3.02. The molecule has 1 atom stereocenters. The van der Waals surface area contributed by atoms with Gasteiger partial charge in [0, 0.05) is 26.7 Å². The molecule has 6 nitrogen and oxygen atoms in total. The smallest absolute Gasteiger partial charge is 0.272 e. The lowest BCUT2D eigenvalue weighted by Crippen LogP contribution is -2.57. The van der Waals surface area contributed by atoms with Gasteiger partial charge in [0.15, 0.2) is 0 Å². The third kappa shape index (κ3) is 3.89. The molecule has 1 aliphatic heterocycles. The molecule has 27 heavy (non-hydrogen) atoms. The monoisotopic (exact) mass is 368 g/mol. The van der Waals surface area contributed by atoms with Gasteiger partial charge in [-0.05, 0) is 31.4 Å². The fourth-order valence-electron chi connectivity index (χ4n) is 3.40. The van der Waals surface area contributed by atoms with Crippen molar-refractivity contribution in [1.29, 1.82) is 0 Å². The Balaban J connectivity index is 1.72. The molecule has 0 N–H and O–H groups in total. The van der Waals surface area contributed by atoms with E-state index in [0.29, 0.717) is 25.3 Å². The van der Waals surface area contributed by atoms with Gasteiger partial charge in [-0.15, -0.1) is 0 Å². The highest BCUT2D eigenvalue weighted by molar-refractivity contribution is 5.97. The molecule has 1 aromatic heterocycles. The van der Waals surface area contributed by atoms with Crippen molar-refractivity contribution >= 4 is 11.8 Å². The van der Waals surface area contributed by atoms with E-state index < -0.39 is 6.04 Å². The van der Waals surface area contributed by atoms with Crippen LogP contribution in [0.1, 0.15) is 54.0 Å². The predicted octanol–water partition coefficient (Wildman–Crippen LogP) is 2.73. The second-order valence-electron chi connectivity index (χ2n) is 7.65. The van der Waals surface area contributed by atoms with Crippen LogP contribution in [0.2, 0.25) is 0 Å². The summed E-state index contributed by atoms with van der Waals surface area (Å²) in [6.45, 7) is 9.59. The number of nitrogens with zero attached hydrogens (tertiary/aromatic N) is 4. The van der Waals surface area contributed by atoms with E-state index in [1.54, 1.807) is 23.6 Å². The molecule has 1 unspecified atom stereocenters. The molecular weight excluding hydrogens is 340 g/mol. The SMILES string of the molecule is Cc1ccc(CN2CCN(C(=O)c3cc(C(C)C)nn3C)C(C)C2=O)cc1. The zero-order valence-corrected chi connectivity index (χ0v) is 16.8. The average molecular weight is 368 g/mol. The molecule has 0 aliphatic carbocycles. The van der Waals surface area contributed by atoms with Crippen molar-refractivity contribution in [2.24, 2.45) is 7.05 Å². The van der Waals surface area contributed by atoms with Crippen LogP contribution in [0.5, 0.6) is 0 Å². The normalized spacial score (nSPS) is 17.7. The van der Waals surface area contributed by atoms with Gasteiger partial charge >= 0.3 is 0 Å². The zero-order chi connectivity index (χ0) is 19.7. The molecule has 1 fully saturated rings. The van der Waals surface area contributed by atoms with Gasteiger partial charge in [-0.3, -0.25) is 14.3 Å². The minimum absolute atomic E-state index is 0.0126. The van der Waals surface area contributed by atoms with Crippen LogP contribution in [-0.2, 0) is 18.4 Å². The summed E-state index contributed by atoms with van der Waals surface area (Å²) in [6.07, 6.45) is 0. The van der Waals surface area contributed by atoms with E-state index in [1.807, 2.05) is 43.9 Å². The van der Waals surface area contributed by atoms with Crippen molar-refractivity contribution < 1.29 is 9.59 Å². The van der Waals surface area contributed by atoms with Crippen LogP contribution in [-0.4, -0.2) is 50.5 Å². The van der Waals surface area contributed by atoms with Gasteiger partial charge < -0.3 is 9.80 Å². The van der Waals surface area contributed by atoms with Gasteiger partial charge in [0.2, 0.25) is 5.91 Å². The summed E-state index contributed by atoms with van der Waals surface area (Å²) in [4.78, 5) is 29.4. The number of benzene rings is 1. The lowest BCUT2D eigenvalue weighted by molar-refractivity contribution is -0.140. The number of aryl methyl sites for hydroxylation is 2. The molecular formula is C21H28N4O2. The highest BCUT2D eigenvalue weighted by atomic mass is 16.2. The topological polar surface area (TPSA) is 58.4 Å². The van der Waals surface area contributed by atoms with Crippen molar-refractivity contribution in [3.05, 3.63) is 52.8 Å². The van der Waals surface area contributed by atoms with Gasteiger partial charge in [-0.1, -0.05) is 43.7 Å². The number of hydrogen-bond donors (Lipinski definition) is 0. The van der Waals surface area contributed by atoms with Gasteiger partial charge in [0.05, 0.1) is 5.69 Å². The zero-order valence-electron chi connectivity index (χ0n) is 16.8. The van der Waals surface area contributed by atoms with E-state index in [0.717, 1.165) is 11.3 Å². The summed E-state index contributed by atoms with van der Waals surface area (Å²) in [5.41, 5.74) is 3.73. The summed E-state index contributed by atoms with van der Waals surface area (Å²) < 4.78 is 1.62. The molecule has 3 rings (SSSR count). The van der Waals surface area contributed by atoms with Crippen molar-refractivity contribution in [1.82, 2.24) is 19.6 Å². The van der Waals surface area contributed by atoms with E-state index in [9.17, 15) is 9.59 Å². The standard InChI is InChI=1S/C21H28N4O2/c1-14(2)18-12-19(23(5)22-18)21(27)25-11-10-24(20(26)16(25)4)13-17-8-6-15(3)7-9-17/h6-9,12,14,16H,10-11,13H2,1-5H3. The number of carbonyl (C=O) groups is 2. The third-order valence-corrected chi connectivity index (χ3v) is 5.21. The third-order valence-electron chi connectivity index (χ3n) is 5.21. The predicted molar refractivity (Wildman–Crippen MR) is 104 cm³/mol. The van der Waals surface area contributed by atoms with Crippen molar-refractivity contribution in [2.45, 2.75) is 46.2 Å². The number of amides is 2. The molecule has 1 saturated heterocycles. The van der Waals surface area contributed by atoms with Crippen LogP contribution in [0.4, 0.5) is 0 Å². The molecule has 144 valence electrons. The van der Waals surface area contributed by atoms with Crippen molar-refractivity contribution in [3.8, 4) is 0 Å². The second-order valence-corrected chi connectivity index (χ2v) is 7.65. The molecule has 1 aromatic carbocycles. The molecule has 2 heterocycles. The first kappa shape index (κ1) is 19.1. The minimum Gasteiger partial charge on any atom is -0.335 e. The summed E-state index contributed by atoms with van der Waals surface area (Å²) in [5, 5.41) is 4.42. The first-order valence-electron chi connectivity index (χ1n) is 9.47. The van der Waals surface area contributed by atoms with E-state index >= 15 is 0 Å². The maximum absolute atomic E-state index is 13.0. The van der Waals surface area contributed by atoms with E-state index in [1.165, 1.54) is 5.56 Å². The van der Waals surface area contributed by atoms with E-state index in [-0.39, 0.29) is 17.7 Å². The molecule has 2 amide bonds. The summed E-state index contributed by atoms with van der Waals surface area (Å²) >= 11 is 0. The van der Waals surface area contributed by atoms with E-state index in [2.05, 4.69) is 17.2 Å². The first-order chi connectivity index (χ1) is 12.8. The summed E-state index contributed by atoms with van der Waals surface area (Å²) in [7, 11) is 1.78. The van der Waals surface area contributed by atoms with Gasteiger partial charge in [-0.25, -0.2) is 0 Å². The minimum atomic E-state index is -0.478. The van der Waals surface area contributed by atoms with Gasteiger partial charge in [0.25, 0.3) is 5.91 Å².